The highest BCUT2D eigenvalue weighted by Gasteiger charge is 2.28. The van der Waals surface area contributed by atoms with Gasteiger partial charge in [-0.15, -0.1) is 0 Å². The summed E-state index contributed by atoms with van der Waals surface area (Å²) in [5.41, 5.74) is 0.678. The molecule has 0 aliphatic carbocycles. The minimum Gasteiger partial charge on any atom is -0.419 e. The molecule has 0 aliphatic heterocycles. The summed E-state index contributed by atoms with van der Waals surface area (Å²) in [6.07, 6.45) is 0. The quantitative estimate of drug-likeness (QED) is 0.563. The lowest BCUT2D eigenvalue weighted by molar-refractivity contribution is 0.210. The number of ether oxygens (including phenoxy) is 1. The van der Waals surface area contributed by atoms with Crippen LogP contribution >= 0.6 is 15.9 Å². The molecule has 0 aliphatic rings. The Kier molecular flexibility index (Phi) is 5.75. The second-order valence-electron chi connectivity index (χ2n) is 5.40. The summed E-state index contributed by atoms with van der Waals surface area (Å²) in [5.74, 6) is 0.329. The van der Waals surface area contributed by atoms with E-state index in [2.05, 4.69) is 26.2 Å². The first-order valence-electron chi connectivity index (χ1n) is 7.82. The molecule has 0 saturated heterocycles. The average molecular weight is 437 g/mol. The van der Waals surface area contributed by atoms with Gasteiger partial charge >= 0.3 is 0 Å². The molecule has 8 heteroatoms. The lowest BCUT2D eigenvalue weighted by Gasteiger charge is -2.05. The van der Waals surface area contributed by atoms with Crippen molar-refractivity contribution in [3.05, 3.63) is 59.1 Å². The van der Waals surface area contributed by atoms with Crippen LogP contribution in [-0.2, 0) is 14.6 Å². The molecule has 0 radical (unpaired) electrons. The number of benzene rings is 2. The molecule has 6 nitrogen and oxygen atoms in total. The Morgan fingerprint density at radius 1 is 1.12 bits per heavy atom. The van der Waals surface area contributed by atoms with Crippen molar-refractivity contribution >= 4 is 31.7 Å². The van der Waals surface area contributed by atoms with Crippen LogP contribution in [-0.4, -0.2) is 33.7 Å². The van der Waals surface area contributed by atoms with Crippen LogP contribution in [0.1, 0.15) is 0 Å². The first-order valence-corrected chi connectivity index (χ1v) is 10.1. The smallest absolute Gasteiger partial charge is 0.233 e. The molecule has 136 valence electrons. The van der Waals surface area contributed by atoms with Crippen molar-refractivity contribution in [2.24, 2.45) is 0 Å². The number of rotatable bonds is 7. The first-order chi connectivity index (χ1) is 12.5. The van der Waals surface area contributed by atoms with E-state index in [0.717, 1.165) is 4.47 Å². The van der Waals surface area contributed by atoms with Crippen molar-refractivity contribution in [1.29, 1.82) is 0 Å². The van der Waals surface area contributed by atoms with E-state index in [4.69, 9.17) is 9.15 Å². The molecule has 0 amide bonds. The van der Waals surface area contributed by atoms with Crippen LogP contribution < -0.4 is 5.32 Å². The van der Waals surface area contributed by atoms with Gasteiger partial charge in [-0.3, -0.25) is 0 Å². The zero-order valence-electron chi connectivity index (χ0n) is 14.0. The Morgan fingerprint density at radius 2 is 1.81 bits per heavy atom. The average Bonchev–Trinajstić information content (AvgIpc) is 3.08. The van der Waals surface area contributed by atoms with E-state index in [1.165, 1.54) is 12.1 Å². The zero-order chi connectivity index (χ0) is 18.6. The van der Waals surface area contributed by atoms with Crippen molar-refractivity contribution in [3.8, 4) is 11.5 Å². The Balaban J connectivity index is 2.06. The highest BCUT2D eigenvalue weighted by Crippen LogP contribution is 2.32. The van der Waals surface area contributed by atoms with Crippen LogP contribution in [0.25, 0.3) is 11.5 Å². The van der Waals surface area contributed by atoms with E-state index in [1.807, 2.05) is 12.1 Å². The maximum atomic E-state index is 13.0. The van der Waals surface area contributed by atoms with Crippen molar-refractivity contribution in [1.82, 2.24) is 4.98 Å². The third-order valence-electron chi connectivity index (χ3n) is 3.59. The summed E-state index contributed by atoms with van der Waals surface area (Å²) in [5, 5.41) is 2.81. The van der Waals surface area contributed by atoms with E-state index < -0.39 is 9.84 Å². The predicted octanol–water partition coefficient (Wildman–Crippen LogP) is 4.00. The van der Waals surface area contributed by atoms with Crippen LogP contribution in [0.4, 0.5) is 5.88 Å². The Bertz CT molecular complexity index is 970. The summed E-state index contributed by atoms with van der Waals surface area (Å²) in [7, 11) is -2.25. The minimum atomic E-state index is -3.82. The maximum Gasteiger partial charge on any atom is 0.233 e. The second kappa shape index (κ2) is 8.03. The number of aromatic nitrogens is 1. The number of hydrogen-bond acceptors (Lipinski definition) is 6. The topological polar surface area (TPSA) is 81.4 Å². The third kappa shape index (κ3) is 3.98. The molecule has 3 aromatic rings. The van der Waals surface area contributed by atoms with Gasteiger partial charge in [-0.2, -0.15) is 4.98 Å². The SMILES string of the molecule is COCCNc1oc(-c2ccc(Br)cc2)nc1S(=O)(=O)c1ccccc1. The van der Waals surface area contributed by atoms with Gasteiger partial charge in [0.2, 0.25) is 26.6 Å². The van der Waals surface area contributed by atoms with E-state index in [0.29, 0.717) is 18.7 Å². The molecule has 0 saturated carbocycles. The summed E-state index contributed by atoms with van der Waals surface area (Å²) < 4.78 is 37.6. The number of nitrogens with zero attached hydrogens (tertiary/aromatic N) is 1. The van der Waals surface area contributed by atoms with Crippen molar-refractivity contribution in [2.45, 2.75) is 9.92 Å². The highest BCUT2D eigenvalue weighted by molar-refractivity contribution is 9.10. The molecular formula is C18H17BrN2O4S. The minimum absolute atomic E-state index is 0.101. The van der Waals surface area contributed by atoms with E-state index in [1.54, 1.807) is 37.4 Å². The summed E-state index contributed by atoms with van der Waals surface area (Å²) in [4.78, 5) is 4.42. The Morgan fingerprint density at radius 3 is 2.46 bits per heavy atom. The summed E-state index contributed by atoms with van der Waals surface area (Å²) in [6, 6.07) is 15.4. The highest BCUT2D eigenvalue weighted by atomic mass is 79.9. The maximum absolute atomic E-state index is 13.0. The summed E-state index contributed by atoms with van der Waals surface area (Å²) >= 11 is 3.37. The van der Waals surface area contributed by atoms with Crippen molar-refractivity contribution in [2.75, 3.05) is 25.6 Å². The molecule has 26 heavy (non-hydrogen) atoms. The fraction of sp³-hybridized carbons (Fsp3) is 0.167. The van der Waals surface area contributed by atoms with Gasteiger partial charge in [0.15, 0.2) is 0 Å². The number of halogens is 1. The van der Waals surface area contributed by atoms with E-state index in [-0.39, 0.29) is 21.7 Å². The number of methoxy groups -OCH3 is 1. The van der Waals surface area contributed by atoms with Gasteiger partial charge in [0, 0.05) is 23.7 Å². The number of sulfone groups is 1. The fourth-order valence-corrected chi connectivity index (χ4v) is 3.86. The van der Waals surface area contributed by atoms with Crippen molar-refractivity contribution < 1.29 is 17.6 Å². The molecule has 0 spiro atoms. The van der Waals surface area contributed by atoms with Gasteiger partial charge in [0.05, 0.1) is 11.5 Å². The van der Waals surface area contributed by atoms with Gasteiger partial charge in [0.1, 0.15) is 0 Å². The molecule has 0 unspecified atom stereocenters. The summed E-state index contributed by atoms with van der Waals surface area (Å²) in [6.45, 7) is 0.794. The molecule has 1 heterocycles. The second-order valence-corrected chi connectivity index (χ2v) is 8.18. The Hall–Kier alpha value is -2.16. The van der Waals surface area contributed by atoms with Gasteiger partial charge in [-0.25, -0.2) is 8.42 Å². The Labute approximate surface area is 160 Å². The lowest BCUT2D eigenvalue weighted by atomic mass is 10.2. The molecule has 0 fully saturated rings. The molecular weight excluding hydrogens is 420 g/mol. The lowest BCUT2D eigenvalue weighted by Crippen LogP contribution is -2.11. The molecule has 3 rings (SSSR count). The van der Waals surface area contributed by atoms with Gasteiger partial charge < -0.3 is 14.5 Å². The molecule has 0 bridgehead atoms. The van der Waals surface area contributed by atoms with Crippen LogP contribution in [0.5, 0.6) is 0 Å². The normalized spacial score (nSPS) is 11.5. The fourth-order valence-electron chi connectivity index (χ4n) is 2.29. The van der Waals surface area contributed by atoms with E-state index >= 15 is 0 Å². The molecule has 0 atom stereocenters. The monoisotopic (exact) mass is 436 g/mol. The molecule has 1 aromatic heterocycles. The largest absolute Gasteiger partial charge is 0.419 e. The van der Waals surface area contributed by atoms with Gasteiger partial charge in [0.25, 0.3) is 0 Å². The van der Waals surface area contributed by atoms with Crippen molar-refractivity contribution in [3.63, 3.8) is 0 Å². The number of hydrogen-bond donors (Lipinski definition) is 1. The van der Waals surface area contributed by atoms with Crippen LogP contribution in [0.3, 0.4) is 0 Å². The molecule has 1 N–H and O–H groups in total. The van der Waals surface area contributed by atoms with Crippen LogP contribution in [0.15, 0.2) is 73.4 Å². The van der Waals surface area contributed by atoms with E-state index in [9.17, 15) is 8.42 Å². The molecule has 2 aromatic carbocycles. The predicted molar refractivity (Wildman–Crippen MR) is 102 cm³/mol. The first kappa shape index (κ1) is 18.6. The van der Waals surface area contributed by atoms with Gasteiger partial charge in [-0.05, 0) is 36.4 Å². The number of nitrogens with one attached hydrogen (secondary N) is 1. The third-order valence-corrected chi connectivity index (χ3v) is 5.79. The number of oxazole rings is 1. The van der Waals surface area contributed by atoms with Crippen LogP contribution in [0.2, 0.25) is 0 Å². The van der Waals surface area contributed by atoms with Crippen LogP contribution in [0, 0.1) is 0 Å². The zero-order valence-corrected chi connectivity index (χ0v) is 16.4. The standard InChI is InChI=1S/C18H17BrN2O4S/c1-24-12-11-20-17-18(26(22,23)15-5-3-2-4-6-15)21-16(25-17)13-7-9-14(19)10-8-13/h2-10,20H,11-12H2,1H3. The van der Waals surface area contributed by atoms with Gasteiger partial charge in [-0.1, -0.05) is 34.1 Å². The number of anilines is 1.